The molecule has 0 bridgehead atoms. The SMILES string of the molecule is CC(C)(C)OC(=O)N1CCN(c2ccc(Br)cc2CN2CCCC(C(F)(F)F)C2)CC1. The van der Waals surface area contributed by atoms with Gasteiger partial charge in [0.1, 0.15) is 5.60 Å². The van der Waals surface area contributed by atoms with Gasteiger partial charge in [-0.15, -0.1) is 0 Å². The van der Waals surface area contributed by atoms with Crippen molar-refractivity contribution in [3.63, 3.8) is 0 Å². The van der Waals surface area contributed by atoms with Crippen LogP contribution in [-0.4, -0.2) is 66.9 Å². The Morgan fingerprint density at radius 1 is 1.13 bits per heavy atom. The number of carbonyl (C=O) groups excluding carboxylic acids is 1. The summed E-state index contributed by atoms with van der Waals surface area (Å²) in [7, 11) is 0. The van der Waals surface area contributed by atoms with E-state index < -0.39 is 17.7 Å². The Labute approximate surface area is 190 Å². The lowest BCUT2D eigenvalue weighted by atomic mass is 9.97. The molecule has 2 saturated heterocycles. The molecule has 0 aliphatic carbocycles. The van der Waals surface area contributed by atoms with Gasteiger partial charge in [0.05, 0.1) is 5.92 Å². The number of nitrogens with zero attached hydrogens (tertiary/aromatic N) is 3. The number of rotatable bonds is 3. The first-order chi connectivity index (χ1) is 14.4. The summed E-state index contributed by atoms with van der Waals surface area (Å²) >= 11 is 3.50. The number of halogens is 4. The topological polar surface area (TPSA) is 36.0 Å². The van der Waals surface area contributed by atoms with Crippen molar-refractivity contribution in [3.8, 4) is 0 Å². The number of carbonyl (C=O) groups is 1. The number of ether oxygens (including phenoxy) is 1. The zero-order valence-electron chi connectivity index (χ0n) is 18.3. The fourth-order valence-corrected chi connectivity index (χ4v) is 4.56. The molecule has 1 amide bonds. The summed E-state index contributed by atoms with van der Waals surface area (Å²) in [5.74, 6) is -1.26. The summed E-state index contributed by atoms with van der Waals surface area (Å²) in [4.78, 5) is 18.1. The van der Waals surface area contributed by atoms with E-state index in [0.717, 1.165) is 15.7 Å². The van der Waals surface area contributed by atoms with Gasteiger partial charge in [0, 0.05) is 49.4 Å². The van der Waals surface area contributed by atoms with Gasteiger partial charge in [-0.2, -0.15) is 13.2 Å². The normalized spacial score (nSPS) is 21.3. The van der Waals surface area contributed by atoms with E-state index in [2.05, 4.69) is 20.8 Å². The average Bonchev–Trinajstić information content (AvgIpc) is 2.66. The van der Waals surface area contributed by atoms with E-state index in [0.29, 0.717) is 45.7 Å². The fourth-order valence-electron chi connectivity index (χ4n) is 4.15. The number of piperidine rings is 1. The van der Waals surface area contributed by atoms with Gasteiger partial charge in [-0.25, -0.2) is 4.79 Å². The molecule has 1 aromatic rings. The maximum absolute atomic E-state index is 13.2. The molecule has 31 heavy (non-hydrogen) atoms. The van der Waals surface area contributed by atoms with Crippen LogP contribution in [0.15, 0.2) is 22.7 Å². The molecule has 5 nitrogen and oxygen atoms in total. The van der Waals surface area contributed by atoms with Crippen LogP contribution in [0.25, 0.3) is 0 Å². The molecule has 1 aromatic carbocycles. The van der Waals surface area contributed by atoms with Gasteiger partial charge in [0.25, 0.3) is 0 Å². The molecule has 174 valence electrons. The van der Waals surface area contributed by atoms with Gasteiger partial charge in [-0.1, -0.05) is 15.9 Å². The lowest BCUT2D eigenvalue weighted by Crippen LogP contribution is -2.50. The third-order valence-electron chi connectivity index (χ3n) is 5.68. The number of piperazine rings is 1. The summed E-state index contributed by atoms with van der Waals surface area (Å²) < 4.78 is 46.0. The molecule has 0 N–H and O–H groups in total. The second kappa shape index (κ2) is 9.57. The van der Waals surface area contributed by atoms with E-state index in [4.69, 9.17) is 4.74 Å². The third kappa shape index (κ3) is 6.75. The van der Waals surface area contributed by atoms with E-state index in [1.807, 2.05) is 43.9 Å². The van der Waals surface area contributed by atoms with Gasteiger partial charge < -0.3 is 14.5 Å². The van der Waals surface area contributed by atoms with Gasteiger partial charge in [-0.05, 0) is 63.9 Å². The monoisotopic (exact) mass is 505 g/mol. The molecule has 2 aliphatic rings. The third-order valence-corrected chi connectivity index (χ3v) is 6.17. The average molecular weight is 506 g/mol. The van der Waals surface area contributed by atoms with Gasteiger partial charge >= 0.3 is 12.3 Å². The maximum atomic E-state index is 13.2. The molecule has 0 aromatic heterocycles. The minimum absolute atomic E-state index is 0.0435. The second-order valence-electron chi connectivity index (χ2n) is 9.34. The highest BCUT2D eigenvalue weighted by atomic mass is 79.9. The Balaban J connectivity index is 1.66. The first-order valence-corrected chi connectivity index (χ1v) is 11.5. The Morgan fingerprint density at radius 3 is 2.42 bits per heavy atom. The van der Waals surface area contributed by atoms with Crippen LogP contribution in [0.3, 0.4) is 0 Å². The number of anilines is 1. The summed E-state index contributed by atoms with van der Waals surface area (Å²) in [5.41, 5.74) is 1.49. The largest absolute Gasteiger partial charge is 0.444 e. The first-order valence-electron chi connectivity index (χ1n) is 10.7. The van der Waals surface area contributed by atoms with Crippen LogP contribution in [0.5, 0.6) is 0 Å². The zero-order valence-corrected chi connectivity index (χ0v) is 19.9. The summed E-state index contributed by atoms with van der Waals surface area (Å²) in [6.45, 7) is 9.13. The molecule has 2 aliphatic heterocycles. The van der Waals surface area contributed by atoms with E-state index in [1.54, 1.807) is 4.90 Å². The highest BCUT2D eigenvalue weighted by Gasteiger charge is 2.41. The molecular formula is C22H31BrF3N3O2. The van der Waals surface area contributed by atoms with E-state index in [9.17, 15) is 18.0 Å². The van der Waals surface area contributed by atoms with Crippen molar-refractivity contribution >= 4 is 27.7 Å². The molecule has 0 saturated carbocycles. The van der Waals surface area contributed by atoms with E-state index in [-0.39, 0.29) is 19.1 Å². The smallest absolute Gasteiger partial charge is 0.410 e. The highest BCUT2D eigenvalue weighted by Crippen LogP contribution is 2.35. The highest BCUT2D eigenvalue weighted by molar-refractivity contribution is 9.10. The molecule has 1 atom stereocenters. The fraction of sp³-hybridized carbons (Fsp3) is 0.682. The van der Waals surface area contributed by atoms with Crippen LogP contribution in [0.2, 0.25) is 0 Å². The quantitative estimate of drug-likeness (QED) is 0.559. The van der Waals surface area contributed by atoms with Crippen molar-refractivity contribution in [1.29, 1.82) is 0 Å². The predicted octanol–water partition coefficient (Wildman–Crippen LogP) is 5.28. The van der Waals surface area contributed by atoms with Crippen molar-refractivity contribution < 1.29 is 22.7 Å². The Kier molecular flexibility index (Phi) is 7.46. The van der Waals surface area contributed by atoms with Crippen molar-refractivity contribution in [2.75, 3.05) is 44.2 Å². The standard InChI is InChI=1S/C22H31BrF3N3O2/c1-21(2,3)31-20(30)29-11-9-28(10-12-29)19-7-6-18(23)13-16(19)14-27-8-4-5-17(15-27)22(24,25)26/h6-7,13,17H,4-5,8-12,14-15H2,1-3H3. The second-order valence-corrected chi connectivity index (χ2v) is 10.3. The predicted molar refractivity (Wildman–Crippen MR) is 118 cm³/mol. The van der Waals surface area contributed by atoms with Crippen LogP contribution in [0.1, 0.15) is 39.2 Å². The molecule has 0 radical (unpaired) electrons. The minimum atomic E-state index is -4.14. The molecule has 9 heteroatoms. The Morgan fingerprint density at radius 2 is 1.81 bits per heavy atom. The summed E-state index contributed by atoms with van der Waals surface area (Å²) in [6, 6.07) is 5.95. The van der Waals surface area contributed by atoms with Crippen molar-refractivity contribution in [1.82, 2.24) is 9.80 Å². The first kappa shape index (κ1) is 24.2. The van der Waals surface area contributed by atoms with Crippen molar-refractivity contribution in [2.45, 2.75) is 51.9 Å². The number of hydrogen-bond acceptors (Lipinski definition) is 4. The molecular weight excluding hydrogens is 475 g/mol. The Hall–Kier alpha value is -1.48. The van der Waals surface area contributed by atoms with Crippen LogP contribution in [-0.2, 0) is 11.3 Å². The van der Waals surface area contributed by atoms with Crippen LogP contribution in [0.4, 0.5) is 23.7 Å². The van der Waals surface area contributed by atoms with E-state index in [1.165, 1.54) is 0 Å². The van der Waals surface area contributed by atoms with Crippen molar-refractivity contribution in [3.05, 3.63) is 28.2 Å². The van der Waals surface area contributed by atoms with E-state index >= 15 is 0 Å². The molecule has 2 heterocycles. The lowest BCUT2D eigenvalue weighted by molar-refractivity contribution is -0.187. The Bertz CT molecular complexity index is 774. The number of amides is 1. The summed E-state index contributed by atoms with van der Waals surface area (Å²) in [5, 5.41) is 0. The number of hydrogen-bond donors (Lipinski definition) is 0. The van der Waals surface area contributed by atoms with Crippen LogP contribution in [0, 0.1) is 5.92 Å². The van der Waals surface area contributed by atoms with Crippen LogP contribution < -0.4 is 4.90 Å². The van der Waals surface area contributed by atoms with Gasteiger partial charge in [0.2, 0.25) is 0 Å². The van der Waals surface area contributed by atoms with Gasteiger partial charge in [-0.3, -0.25) is 4.90 Å². The summed E-state index contributed by atoms with van der Waals surface area (Å²) in [6.07, 6.45) is -3.69. The van der Waals surface area contributed by atoms with Crippen LogP contribution >= 0.6 is 15.9 Å². The molecule has 2 fully saturated rings. The number of alkyl halides is 3. The number of benzene rings is 1. The lowest BCUT2D eigenvalue weighted by Gasteiger charge is -2.38. The van der Waals surface area contributed by atoms with Crippen molar-refractivity contribution in [2.24, 2.45) is 5.92 Å². The maximum Gasteiger partial charge on any atom is 0.410 e. The zero-order chi connectivity index (χ0) is 22.8. The van der Waals surface area contributed by atoms with Gasteiger partial charge in [0.15, 0.2) is 0 Å². The molecule has 1 unspecified atom stereocenters. The molecule has 0 spiro atoms. The molecule has 3 rings (SSSR count). The number of likely N-dealkylation sites (tertiary alicyclic amines) is 1. The minimum Gasteiger partial charge on any atom is -0.444 e.